The molecule has 0 fully saturated rings. The van der Waals surface area contributed by atoms with E-state index in [1.807, 2.05) is 6.07 Å². The third-order valence-corrected chi connectivity index (χ3v) is 2.96. The van der Waals surface area contributed by atoms with Crippen LogP contribution in [0.5, 0.6) is 0 Å². The molecule has 18 heavy (non-hydrogen) atoms. The van der Waals surface area contributed by atoms with Gasteiger partial charge in [-0.2, -0.15) is 0 Å². The van der Waals surface area contributed by atoms with Gasteiger partial charge in [0.2, 0.25) is 0 Å². The fourth-order valence-electron chi connectivity index (χ4n) is 1.30. The molecule has 0 heterocycles. The summed E-state index contributed by atoms with van der Waals surface area (Å²) in [6, 6.07) is 5.27. The van der Waals surface area contributed by atoms with Crippen molar-refractivity contribution >= 4 is 43.7 Å². The number of carbonyl (C=O) groups excluding carboxylic acids is 2. The number of esters is 1. The Labute approximate surface area is 122 Å². The van der Waals surface area contributed by atoms with Crippen LogP contribution in [0.1, 0.15) is 23.7 Å². The molecule has 98 valence electrons. The van der Waals surface area contributed by atoms with E-state index < -0.39 is 0 Å². The molecule has 0 aromatic heterocycles. The van der Waals surface area contributed by atoms with E-state index in [1.54, 1.807) is 19.1 Å². The molecule has 0 radical (unpaired) electrons. The van der Waals surface area contributed by atoms with Crippen molar-refractivity contribution in [2.24, 2.45) is 0 Å². The summed E-state index contributed by atoms with van der Waals surface area (Å²) in [6.45, 7) is 2.36. The smallest absolute Gasteiger partial charge is 0.307 e. The lowest BCUT2D eigenvalue weighted by Gasteiger charge is -2.06. The standard InChI is InChI=1S/C12H13Br2NO3/c1-2-18-11(16)3-4-15-12(17)8-5-9(13)7-10(14)6-8/h5-7H,2-4H2,1H3,(H,15,17). The van der Waals surface area contributed by atoms with E-state index in [0.29, 0.717) is 12.2 Å². The summed E-state index contributed by atoms with van der Waals surface area (Å²) in [5, 5.41) is 2.66. The summed E-state index contributed by atoms with van der Waals surface area (Å²) < 4.78 is 6.39. The fourth-order valence-corrected chi connectivity index (χ4v) is 2.59. The highest BCUT2D eigenvalue weighted by Gasteiger charge is 2.08. The van der Waals surface area contributed by atoms with Crippen molar-refractivity contribution < 1.29 is 14.3 Å². The molecule has 0 bridgehead atoms. The van der Waals surface area contributed by atoms with E-state index in [0.717, 1.165) is 8.95 Å². The highest BCUT2D eigenvalue weighted by Crippen LogP contribution is 2.19. The minimum atomic E-state index is -0.312. The Morgan fingerprint density at radius 3 is 2.39 bits per heavy atom. The Hall–Kier alpha value is -0.880. The van der Waals surface area contributed by atoms with Gasteiger partial charge in [-0.1, -0.05) is 31.9 Å². The molecule has 0 aliphatic heterocycles. The number of rotatable bonds is 5. The van der Waals surface area contributed by atoms with Gasteiger partial charge in [0.25, 0.3) is 5.91 Å². The predicted octanol–water partition coefficient (Wildman–Crippen LogP) is 2.89. The third kappa shape index (κ3) is 5.18. The summed E-state index contributed by atoms with van der Waals surface area (Å²) >= 11 is 6.62. The summed E-state index contributed by atoms with van der Waals surface area (Å²) in [5.74, 6) is -0.533. The molecule has 1 aromatic rings. The van der Waals surface area contributed by atoms with E-state index in [4.69, 9.17) is 4.74 Å². The maximum absolute atomic E-state index is 11.8. The summed E-state index contributed by atoms with van der Waals surface area (Å²) in [4.78, 5) is 22.9. The zero-order valence-electron chi connectivity index (χ0n) is 9.83. The van der Waals surface area contributed by atoms with Crippen LogP contribution in [0.3, 0.4) is 0 Å². The number of hydrogen-bond donors (Lipinski definition) is 1. The molecular formula is C12H13Br2NO3. The summed E-state index contributed by atoms with van der Waals surface area (Å²) in [5.41, 5.74) is 0.528. The quantitative estimate of drug-likeness (QED) is 0.801. The summed E-state index contributed by atoms with van der Waals surface area (Å²) in [7, 11) is 0. The SMILES string of the molecule is CCOC(=O)CCNC(=O)c1cc(Br)cc(Br)c1. The van der Waals surface area contributed by atoms with Gasteiger partial charge in [-0.3, -0.25) is 9.59 Å². The Bertz CT molecular complexity index is 429. The second kappa shape index (κ2) is 7.53. The number of amides is 1. The number of benzene rings is 1. The molecule has 0 aliphatic rings. The molecule has 6 heteroatoms. The van der Waals surface area contributed by atoms with Crippen LogP contribution in [-0.2, 0) is 9.53 Å². The number of nitrogens with one attached hydrogen (secondary N) is 1. The molecule has 1 aromatic carbocycles. The monoisotopic (exact) mass is 377 g/mol. The average molecular weight is 379 g/mol. The minimum Gasteiger partial charge on any atom is -0.466 e. The van der Waals surface area contributed by atoms with Crippen molar-refractivity contribution in [2.75, 3.05) is 13.2 Å². The lowest BCUT2D eigenvalue weighted by molar-refractivity contribution is -0.142. The van der Waals surface area contributed by atoms with Gasteiger partial charge in [0.05, 0.1) is 13.0 Å². The summed E-state index contributed by atoms with van der Waals surface area (Å²) in [6.07, 6.45) is 0.175. The number of hydrogen-bond acceptors (Lipinski definition) is 3. The van der Waals surface area contributed by atoms with Crippen molar-refractivity contribution in [2.45, 2.75) is 13.3 Å². The number of carbonyl (C=O) groups is 2. The van der Waals surface area contributed by atoms with Gasteiger partial charge >= 0.3 is 5.97 Å². The first kappa shape index (κ1) is 15.2. The van der Waals surface area contributed by atoms with Crippen molar-refractivity contribution in [3.63, 3.8) is 0 Å². The van der Waals surface area contributed by atoms with Crippen LogP contribution in [0.25, 0.3) is 0 Å². The molecule has 0 spiro atoms. The molecule has 0 atom stereocenters. The fraction of sp³-hybridized carbons (Fsp3) is 0.333. The molecule has 4 nitrogen and oxygen atoms in total. The molecule has 0 unspecified atom stereocenters. The predicted molar refractivity (Wildman–Crippen MR) is 75.4 cm³/mol. The van der Waals surface area contributed by atoms with Gasteiger partial charge in [-0.05, 0) is 25.1 Å². The van der Waals surface area contributed by atoms with Crippen molar-refractivity contribution in [3.8, 4) is 0 Å². The lowest BCUT2D eigenvalue weighted by atomic mass is 10.2. The Balaban J connectivity index is 2.48. The van der Waals surface area contributed by atoms with Crippen LogP contribution in [0.2, 0.25) is 0 Å². The highest BCUT2D eigenvalue weighted by atomic mass is 79.9. The van der Waals surface area contributed by atoms with E-state index in [2.05, 4.69) is 37.2 Å². The van der Waals surface area contributed by atoms with E-state index in [1.165, 1.54) is 0 Å². The zero-order chi connectivity index (χ0) is 13.5. The first-order valence-corrected chi connectivity index (χ1v) is 7.01. The van der Waals surface area contributed by atoms with Crippen LogP contribution in [0.15, 0.2) is 27.1 Å². The third-order valence-electron chi connectivity index (χ3n) is 2.04. The second-order valence-electron chi connectivity index (χ2n) is 3.47. The Morgan fingerprint density at radius 1 is 1.22 bits per heavy atom. The van der Waals surface area contributed by atoms with Crippen molar-refractivity contribution in [3.05, 3.63) is 32.7 Å². The van der Waals surface area contributed by atoms with Crippen LogP contribution in [-0.4, -0.2) is 25.0 Å². The maximum Gasteiger partial charge on any atom is 0.307 e. The number of ether oxygens (including phenoxy) is 1. The lowest BCUT2D eigenvalue weighted by Crippen LogP contribution is -2.26. The van der Waals surface area contributed by atoms with Gasteiger partial charge in [0, 0.05) is 21.1 Å². The Kier molecular flexibility index (Phi) is 6.35. The largest absolute Gasteiger partial charge is 0.466 e. The van der Waals surface area contributed by atoms with Crippen LogP contribution >= 0.6 is 31.9 Å². The van der Waals surface area contributed by atoms with Gasteiger partial charge in [0.1, 0.15) is 0 Å². The molecule has 0 saturated carbocycles. The molecule has 1 N–H and O–H groups in total. The van der Waals surface area contributed by atoms with Gasteiger partial charge in [-0.25, -0.2) is 0 Å². The first-order chi connectivity index (χ1) is 8.52. The molecule has 1 amide bonds. The van der Waals surface area contributed by atoms with Crippen molar-refractivity contribution in [1.82, 2.24) is 5.32 Å². The topological polar surface area (TPSA) is 55.4 Å². The van der Waals surface area contributed by atoms with Gasteiger partial charge in [-0.15, -0.1) is 0 Å². The molecule has 0 aliphatic carbocycles. The first-order valence-electron chi connectivity index (χ1n) is 5.43. The van der Waals surface area contributed by atoms with Gasteiger partial charge in [0.15, 0.2) is 0 Å². The Morgan fingerprint density at radius 2 is 1.83 bits per heavy atom. The average Bonchev–Trinajstić information content (AvgIpc) is 2.27. The second-order valence-corrected chi connectivity index (χ2v) is 5.30. The molecule has 0 saturated heterocycles. The normalized spacial score (nSPS) is 9.94. The molecule has 1 rings (SSSR count). The number of halogens is 2. The van der Waals surface area contributed by atoms with E-state index >= 15 is 0 Å². The van der Waals surface area contributed by atoms with Crippen molar-refractivity contribution in [1.29, 1.82) is 0 Å². The van der Waals surface area contributed by atoms with Crippen LogP contribution in [0.4, 0.5) is 0 Å². The zero-order valence-corrected chi connectivity index (χ0v) is 13.0. The maximum atomic E-state index is 11.8. The molecular weight excluding hydrogens is 366 g/mol. The van der Waals surface area contributed by atoms with Crippen LogP contribution < -0.4 is 5.32 Å². The van der Waals surface area contributed by atoms with E-state index in [9.17, 15) is 9.59 Å². The highest BCUT2D eigenvalue weighted by molar-refractivity contribution is 9.11. The van der Waals surface area contributed by atoms with E-state index in [-0.39, 0.29) is 24.8 Å². The minimum absolute atomic E-state index is 0.175. The van der Waals surface area contributed by atoms with Crippen LogP contribution in [0, 0.1) is 0 Å². The van der Waals surface area contributed by atoms with Gasteiger partial charge < -0.3 is 10.1 Å².